The number of hydrogen-bond acceptors (Lipinski definition) is 3. The Balaban J connectivity index is 1.76. The molecular weight excluding hydrogens is 322 g/mol. The van der Waals surface area contributed by atoms with Crippen molar-refractivity contribution < 1.29 is 14.3 Å². The van der Waals surface area contributed by atoms with Gasteiger partial charge in [-0.1, -0.05) is 24.3 Å². The summed E-state index contributed by atoms with van der Waals surface area (Å²) in [7, 11) is 0. The van der Waals surface area contributed by atoms with Crippen LogP contribution in [0.4, 0.5) is 0 Å². The van der Waals surface area contributed by atoms with E-state index in [1.165, 1.54) is 0 Å². The van der Waals surface area contributed by atoms with Crippen molar-refractivity contribution in [3.8, 4) is 0 Å². The zero-order valence-electron chi connectivity index (χ0n) is 10.7. The van der Waals surface area contributed by atoms with Crippen LogP contribution in [0.5, 0.6) is 0 Å². The van der Waals surface area contributed by atoms with Gasteiger partial charge in [-0.25, -0.2) is 0 Å². The highest BCUT2D eigenvalue weighted by Gasteiger charge is 2.34. The minimum absolute atomic E-state index is 0.0520. The van der Waals surface area contributed by atoms with E-state index in [9.17, 15) is 9.90 Å². The summed E-state index contributed by atoms with van der Waals surface area (Å²) in [4.78, 5) is 11.3. The predicted molar refractivity (Wildman–Crippen MR) is 77.4 cm³/mol. The molecule has 0 unspecified atom stereocenters. The molecule has 0 amide bonds. The molecule has 0 radical (unpaired) electrons. The van der Waals surface area contributed by atoms with E-state index in [4.69, 9.17) is 4.42 Å². The molecule has 5 heteroatoms. The number of halogens is 1. The van der Waals surface area contributed by atoms with Crippen LogP contribution in [0.15, 0.2) is 45.5 Å². The quantitative estimate of drug-likeness (QED) is 0.898. The zero-order valence-corrected chi connectivity index (χ0v) is 12.3. The second-order valence-corrected chi connectivity index (χ2v) is 5.68. The summed E-state index contributed by atoms with van der Waals surface area (Å²) < 4.78 is 6.14. The summed E-state index contributed by atoms with van der Waals surface area (Å²) in [6.07, 6.45) is 0.580. The second kappa shape index (κ2) is 5.42. The van der Waals surface area contributed by atoms with Crippen molar-refractivity contribution >= 4 is 21.9 Å². The number of furan rings is 1. The number of aliphatic carboxylic acids is 1. The van der Waals surface area contributed by atoms with E-state index in [1.807, 2.05) is 36.4 Å². The maximum atomic E-state index is 11.3. The predicted octanol–water partition coefficient (Wildman–Crippen LogP) is 3.44. The van der Waals surface area contributed by atoms with Crippen molar-refractivity contribution in [2.24, 2.45) is 0 Å². The molecule has 104 valence electrons. The summed E-state index contributed by atoms with van der Waals surface area (Å²) in [6, 6.07) is 11.5. The molecule has 1 aromatic carbocycles. The average Bonchev–Trinajstić information content (AvgIpc) is 3.00. The molecule has 2 N–H and O–H groups in total. The zero-order chi connectivity index (χ0) is 14.1. The third kappa shape index (κ3) is 2.51. The van der Waals surface area contributed by atoms with Gasteiger partial charge in [0, 0.05) is 6.04 Å². The fourth-order valence-electron chi connectivity index (χ4n) is 2.73. The Morgan fingerprint density at radius 3 is 2.70 bits per heavy atom. The molecule has 0 fully saturated rings. The molecule has 1 aliphatic rings. The summed E-state index contributed by atoms with van der Waals surface area (Å²) in [5.74, 6) is -0.359. The first-order valence-electron chi connectivity index (χ1n) is 6.44. The lowest BCUT2D eigenvalue weighted by atomic mass is 10.0. The summed E-state index contributed by atoms with van der Waals surface area (Å²) in [5.41, 5.74) is 1.99. The summed E-state index contributed by atoms with van der Waals surface area (Å²) in [5, 5.41) is 12.7. The van der Waals surface area contributed by atoms with Crippen LogP contribution in [-0.2, 0) is 11.3 Å². The molecule has 2 atom stereocenters. The number of nitrogens with one attached hydrogen (secondary N) is 1. The van der Waals surface area contributed by atoms with Crippen LogP contribution in [0.3, 0.4) is 0 Å². The van der Waals surface area contributed by atoms with Crippen LogP contribution in [0.2, 0.25) is 0 Å². The Kier molecular flexibility index (Phi) is 3.63. The van der Waals surface area contributed by atoms with Gasteiger partial charge in [-0.05, 0) is 45.6 Å². The smallest absolute Gasteiger partial charge is 0.311 e. The molecular formula is C15H14BrNO3. The molecule has 0 spiro atoms. The van der Waals surface area contributed by atoms with Gasteiger partial charge in [-0.2, -0.15) is 0 Å². The number of carboxylic acids is 1. The first kappa shape index (κ1) is 13.4. The van der Waals surface area contributed by atoms with Gasteiger partial charge in [0.1, 0.15) is 5.76 Å². The number of fused-ring (bicyclic) bond motifs is 1. The Morgan fingerprint density at radius 2 is 2.05 bits per heavy atom. The van der Waals surface area contributed by atoms with Gasteiger partial charge in [0.2, 0.25) is 0 Å². The van der Waals surface area contributed by atoms with Gasteiger partial charge in [0.15, 0.2) is 4.67 Å². The third-order valence-electron chi connectivity index (χ3n) is 3.67. The molecule has 0 bridgehead atoms. The Morgan fingerprint density at radius 1 is 1.30 bits per heavy atom. The lowest BCUT2D eigenvalue weighted by Gasteiger charge is -2.12. The molecule has 1 aliphatic carbocycles. The van der Waals surface area contributed by atoms with E-state index in [-0.39, 0.29) is 6.04 Å². The largest absolute Gasteiger partial charge is 0.481 e. The van der Waals surface area contributed by atoms with Gasteiger partial charge in [-0.15, -0.1) is 0 Å². The van der Waals surface area contributed by atoms with Crippen molar-refractivity contribution in [3.63, 3.8) is 0 Å². The fraction of sp³-hybridized carbons (Fsp3) is 0.267. The van der Waals surface area contributed by atoms with E-state index in [0.29, 0.717) is 17.6 Å². The van der Waals surface area contributed by atoms with Gasteiger partial charge < -0.3 is 14.8 Å². The van der Waals surface area contributed by atoms with Crippen LogP contribution in [0.25, 0.3) is 0 Å². The van der Waals surface area contributed by atoms with E-state index >= 15 is 0 Å². The van der Waals surface area contributed by atoms with Crippen molar-refractivity contribution in [1.29, 1.82) is 0 Å². The van der Waals surface area contributed by atoms with Crippen molar-refractivity contribution in [2.75, 3.05) is 0 Å². The van der Waals surface area contributed by atoms with E-state index in [0.717, 1.165) is 16.9 Å². The standard InChI is InChI=1S/C15H14BrNO3/c16-14-6-5-9(20-14)8-17-13-7-12(15(18)19)10-3-1-2-4-11(10)13/h1-6,12-13,17H,7-8H2,(H,18,19)/t12-,13+/m1/s1. The molecule has 0 aliphatic heterocycles. The second-order valence-electron chi connectivity index (χ2n) is 4.89. The average molecular weight is 336 g/mol. The highest BCUT2D eigenvalue weighted by Crippen LogP contribution is 2.40. The molecule has 1 heterocycles. The van der Waals surface area contributed by atoms with Crippen LogP contribution in [0, 0.1) is 0 Å². The Hall–Kier alpha value is -1.59. The molecule has 4 nitrogen and oxygen atoms in total. The molecule has 0 saturated heterocycles. The number of benzene rings is 1. The normalized spacial score (nSPS) is 20.9. The SMILES string of the molecule is O=C(O)[C@@H]1C[C@H](NCc2ccc(Br)o2)c2ccccc21. The summed E-state index contributed by atoms with van der Waals surface area (Å²) >= 11 is 3.27. The van der Waals surface area contributed by atoms with E-state index < -0.39 is 11.9 Å². The highest BCUT2D eigenvalue weighted by atomic mass is 79.9. The van der Waals surface area contributed by atoms with Crippen LogP contribution >= 0.6 is 15.9 Å². The summed E-state index contributed by atoms with van der Waals surface area (Å²) in [6.45, 7) is 0.580. The van der Waals surface area contributed by atoms with Gasteiger partial charge in [-0.3, -0.25) is 4.79 Å². The van der Waals surface area contributed by atoms with Crippen molar-refractivity contribution in [1.82, 2.24) is 5.32 Å². The monoisotopic (exact) mass is 335 g/mol. The van der Waals surface area contributed by atoms with Gasteiger partial charge in [0.05, 0.1) is 12.5 Å². The molecule has 0 saturated carbocycles. The lowest BCUT2D eigenvalue weighted by Crippen LogP contribution is -2.19. The Bertz CT molecular complexity index is 638. The molecule has 3 rings (SSSR count). The number of hydrogen-bond donors (Lipinski definition) is 2. The van der Waals surface area contributed by atoms with Gasteiger partial charge in [0.25, 0.3) is 0 Å². The minimum atomic E-state index is -0.762. The fourth-order valence-corrected chi connectivity index (χ4v) is 3.07. The number of carbonyl (C=O) groups is 1. The molecule has 1 aromatic heterocycles. The number of carboxylic acid groups (broad SMARTS) is 1. The topological polar surface area (TPSA) is 62.5 Å². The van der Waals surface area contributed by atoms with E-state index in [2.05, 4.69) is 21.2 Å². The maximum Gasteiger partial charge on any atom is 0.311 e. The maximum absolute atomic E-state index is 11.3. The number of rotatable bonds is 4. The Labute approximate surface area is 124 Å². The van der Waals surface area contributed by atoms with Crippen LogP contribution in [-0.4, -0.2) is 11.1 Å². The highest BCUT2D eigenvalue weighted by molar-refractivity contribution is 9.10. The lowest BCUT2D eigenvalue weighted by molar-refractivity contribution is -0.138. The van der Waals surface area contributed by atoms with Crippen LogP contribution in [0.1, 0.15) is 35.3 Å². The van der Waals surface area contributed by atoms with Crippen LogP contribution < -0.4 is 5.32 Å². The minimum Gasteiger partial charge on any atom is -0.481 e. The molecule has 2 aromatic rings. The van der Waals surface area contributed by atoms with E-state index in [1.54, 1.807) is 0 Å². The van der Waals surface area contributed by atoms with Gasteiger partial charge >= 0.3 is 5.97 Å². The molecule has 20 heavy (non-hydrogen) atoms. The first-order chi connectivity index (χ1) is 9.65. The van der Waals surface area contributed by atoms with Crippen molar-refractivity contribution in [3.05, 3.63) is 58.0 Å². The first-order valence-corrected chi connectivity index (χ1v) is 7.23. The van der Waals surface area contributed by atoms with Crippen molar-refractivity contribution in [2.45, 2.75) is 24.9 Å². The third-order valence-corrected chi connectivity index (χ3v) is 4.09.